The predicted molar refractivity (Wildman–Crippen MR) is 67.8 cm³/mol. The summed E-state index contributed by atoms with van der Waals surface area (Å²) >= 11 is 0. The van der Waals surface area contributed by atoms with Crippen molar-refractivity contribution in [1.29, 1.82) is 0 Å². The van der Waals surface area contributed by atoms with E-state index in [9.17, 15) is 14.4 Å². The summed E-state index contributed by atoms with van der Waals surface area (Å²) < 4.78 is 0. The van der Waals surface area contributed by atoms with Gasteiger partial charge < -0.3 is 0 Å². The van der Waals surface area contributed by atoms with Gasteiger partial charge in [0, 0.05) is 11.1 Å². The Bertz CT molecular complexity index is 562. The normalized spacial score (nSPS) is 20.0. The molecule has 1 aromatic carbocycles. The molecule has 1 aliphatic carbocycles. The molecular weight excluding hydrogens is 228 g/mol. The van der Waals surface area contributed by atoms with E-state index in [0.717, 1.165) is 5.56 Å². The topological polar surface area (TPSA) is 51.2 Å². The number of hydrogen-bond acceptors (Lipinski definition) is 3. The third-order valence-electron chi connectivity index (χ3n) is 3.30. The van der Waals surface area contributed by atoms with Gasteiger partial charge in [0.05, 0.1) is 5.92 Å². The number of rotatable bonds is 0. The summed E-state index contributed by atoms with van der Waals surface area (Å²) in [5.74, 6) is -2.21. The lowest BCUT2D eigenvalue weighted by atomic mass is 9.68. The first-order chi connectivity index (χ1) is 8.23. The zero-order valence-electron chi connectivity index (χ0n) is 11.0. The highest BCUT2D eigenvalue weighted by Gasteiger charge is 2.46. The number of ketones is 3. The van der Waals surface area contributed by atoms with E-state index < -0.39 is 22.9 Å². The molecule has 0 saturated carbocycles. The van der Waals surface area contributed by atoms with E-state index in [-0.39, 0.29) is 11.3 Å². The molecule has 0 amide bonds. The van der Waals surface area contributed by atoms with Crippen molar-refractivity contribution >= 4 is 17.3 Å². The summed E-state index contributed by atoms with van der Waals surface area (Å²) in [6.07, 6.45) is 0. The number of aryl methyl sites for hydroxylation is 1. The van der Waals surface area contributed by atoms with Gasteiger partial charge in [-0.05, 0) is 18.4 Å². The van der Waals surface area contributed by atoms with Crippen LogP contribution in [0.2, 0.25) is 0 Å². The van der Waals surface area contributed by atoms with Gasteiger partial charge in [0.2, 0.25) is 11.6 Å². The molecule has 94 valence electrons. The summed E-state index contributed by atoms with van der Waals surface area (Å²) in [5, 5.41) is 0. The second-order valence-corrected chi connectivity index (χ2v) is 5.91. The summed E-state index contributed by atoms with van der Waals surface area (Å²) in [7, 11) is 0. The Morgan fingerprint density at radius 1 is 0.944 bits per heavy atom. The van der Waals surface area contributed by atoms with Gasteiger partial charge in [0.1, 0.15) is 0 Å². The molecule has 0 aromatic heterocycles. The van der Waals surface area contributed by atoms with E-state index in [2.05, 4.69) is 0 Å². The Balaban J connectivity index is 2.65. The van der Waals surface area contributed by atoms with Crippen LogP contribution in [0, 0.1) is 18.3 Å². The Labute approximate surface area is 106 Å². The Hall–Kier alpha value is -1.77. The summed E-state index contributed by atoms with van der Waals surface area (Å²) in [5.41, 5.74) is 0.972. The minimum absolute atomic E-state index is 0.234. The number of carbonyl (C=O) groups is 3. The van der Waals surface area contributed by atoms with Crippen LogP contribution in [0.25, 0.3) is 0 Å². The van der Waals surface area contributed by atoms with E-state index in [1.807, 2.05) is 6.92 Å². The van der Waals surface area contributed by atoms with E-state index in [0.29, 0.717) is 5.56 Å². The summed E-state index contributed by atoms with van der Waals surface area (Å²) in [4.78, 5) is 36.5. The molecule has 18 heavy (non-hydrogen) atoms. The molecule has 1 aromatic rings. The molecule has 1 atom stereocenters. The van der Waals surface area contributed by atoms with Crippen LogP contribution in [0.3, 0.4) is 0 Å². The Kier molecular flexibility index (Phi) is 2.73. The van der Waals surface area contributed by atoms with E-state index in [4.69, 9.17) is 0 Å². The molecule has 0 spiro atoms. The molecule has 0 aliphatic heterocycles. The minimum atomic E-state index is -0.861. The number of hydrogen-bond donors (Lipinski definition) is 0. The van der Waals surface area contributed by atoms with Crippen molar-refractivity contribution in [2.45, 2.75) is 27.7 Å². The first-order valence-electron chi connectivity index (χ1n) is 5.97. The molecule has 3 heteroatoms. The minimum Gasteiger partial charge on any atom is -0.293 e. The van der Waals surface area contributed by atoms with Crippen molar-refractivity contribution in [1.82, 2.24) is 0 Å². The smallest absolute Gasteiger partial charge is 0.230 e. The fraction of sp³-hybridized carbons (Fsp3) is 0.400. The molecule has 0 N–H and O–H groups in total. The lowest BCUT2D eigenvalue weighted by Gasteiger charge is -2.31. The second-order valence-electron chi connectivity index (χ2n) is 5.91. The van der Waals surface area contributed by atoms with E-state index in [1.165, 1.54) is 0 Å². The molecule has 1 unspecified atom stereocenters. The lowest BCUT2D eigenvalue weighted by Crippen LogP contribution is -2.44. The van der Waals surface area contributed by atoms with Crippen molar-refractivity contribution in [3.05, 3.63) is 34.9 Å². The molecular formula is C15H16O3. The maximum Gasteiger partial charge on any atom is 0.230 e. The molecule has 1 aliphatic rings. The standard InChI is InChI=1S/C15H16O3/c1-8-5-6-9-10(7-8)13(17)14(18)11(12(9)16)15(2,3)4/h5-7,11H,1-4H3. The number of fused-ring (bicyclic) bond motifs is 1. The Morgan fingerprint density at radius 2 is 1.56 bits per heavy atom. The quantitative estimate of drug-likeness (QED) is 0.520. The Morgan fingerprint density at radius 3 is 2.11 bits per heavy atom. The first-order valence-corrected chi connectivity index (χ1v) is 5.97. The SMILES string of the molecule is Cc1ccc2c(c1)C(=O)C(=O)C(C(C)(C)C)C2=O. The lowest BCUT2D eigenvalue weighted by molar-refractivity contribution is -0.120. The third kappa shape index (κ3) is 1.80. The van der Waals surface area contributed by atoms with Gasteiger partial charge in [-0.1, -0.05) is 38.5 Å². The molecule has 0 radical (unpaired) electrons. The maximum absolute atomic E-state index is 12.4. The second kappa shape index (κ2) is 3.87. The van der Waals surface area contributed by atoms with E-state index in [1.54, 1.807) is 39.0 Å². The highest BCUT2D eigenvalue weighted by molar-refractivity contribution is 6.52. The van der Waals surface area contributed by atoms with Crippen LogP contribution in [0.1, 0.15) is 47.1 Å². The van der Waals surface area contributed by atoms with Crippen molar-refractivity contribution in [3.8, 4) is 0 Å². The van der Waals surface area contributed by atoms with Crippen LogP contribution >= 0.6 is 0 Å². The molecule has 0 bridgehead atoms. The van der Waals surface area contributed by atoms with Crippen molar-refractivity contribution in [3.63, 3.8) is 0 Å². The predicted octanol–water partition coefficient (Wildman–Crippen LogP) is 2.61. The average Bonchev–Trinajstić information content (AvgIpc) is 2.24. The zero-order valence-corrected chi connectivity index (χ0v) is 11.0. The fourth-order valence-corrected chi connectivity index (χ4v) is 2.39. The molecule has 0 fully saturated rings. The van der Waals surface area contributed by atoms with Gasteiger partial charge in [0.25, 0.3) is 0 Å². The number of carbonyl (C=O) groups excluding carboxylic acids is 3. The first kappa shape index (κ1) is 12.7. The molecule has 0 saturated heterocycles. The van der Waals surface area contributed by atoms with Gasteiger partial charge in [-0.25, -0.2) is 0 Å². The van der Waals surface area contributed by atoms with Gasteiger partial charge in [-0.2, -0.15) is 0 Å². The number of benzene rings is 1. The van der Waals surface area contributed by atoms with Gasteiger partial charge >= 0.3 is 0 Å². The zero-order chi connectivity index (χ0) is 13.7. The van der Waals surface area contributed by atoms with Gasteiger partial charge in [-0.15, -0.1) is 0 Å². The van der Waals surface area contributed by atoms with E-state index >= 15 is 0 Å². The fourth-order valence-electron chi connectivity index (χ4n) is 2.39. The van der Waals surface area contributed by atoms with Gasteiger partial charge in [0.15, 0.2) is 5.78 Å². The summed E-state index contributed by atoms with van der Waals surface area (Å²) in [6.45, 7) is 7.25. The maximum atomic E-state index is 12.4. The van der Waals surface area contributed by atoms with Crippen LogP contribution in [-0.4, -0.2) is 17.3 Å². The molecule has 0 heterocycles. The summed E-state index contributed by atoms with van der Waals surface area (Å²) in [6, 6.07) is 5.06. The van der Waals surface area contributed by atoms with Crippen LogP contribution in [-0.2, 0) is 4.79 Å². The highest BCUT2D eigenvalue weighted by Crippen LogP contribution is 2.35. The number of Topliss-reactive ketones (excluding diaryl/α,β-unsaturated/α-hetero) is 3. The van der Waals surface area contributed by atoms with Crippen LogP contribution in [0.4, 0.5) is 0 Å². The largest absolute Gasteiger partial charge is 0.293 e. The van der Waals surface area contributed by atoms with Crippen LogP contribution < -0.4 is 0 Å². The monoisotopic (exact) mass is 244 g/mol. The van der Waals surface area contributed by atoms with Crippen LogP contribution in [0.15, 0.2) is 18.2 Å². The van der Waals surface area contributed by atoms with Crippen molar-refractivity contribution in [2.75, 3.05) is 0 Å². The molecule has 3 nitrogen and oxygen atoms in total. The molecule has 2 rings (SSSR count). The highest BCUT2D eigenvalue weighted by atomic mass is 16.2. The third-order valence-corrected chi connectivity index (χ3v) is 3.30. The van der Waals surface area contributed by atoms with Crippen LogP contribution in [0.5, 0.6) is 0 Å². The van der Waals surface area contributed by atoms with Crippen molar-refractivity contribution < 1.29 is 14.4 Å². The van der Waals surface area contributed by atoms with Gasteiger partial charge in [-0.3, -0.25) is 14.4 Å². The average molecular weight is 244 g/mol. The van der Waals surface area contributed by atoms with Crippen molar-refractivity contribution in [2.24, 2.45) is 11.3 Å².